The first-order chi connectivity index (χ1) is 11.6. The first-order valence-electron chi connectivity index (χ1n) is 8.99. The van der Waals surface area contributed by atoms with Crippen molar-refractivity contribution in [3.05, 3.63) is 23.9 Å². The van der Waals surface area contributed by atoms with Gasteiger partial charge in [0, 0.05) is 45.5 Å². The molecule has 6 nitrogen and oxygen atoms in total. The molecule has 0 unspecified atom stereocenters. The molecule has 1 aliphatic heterocycles. The highest BCUT2D eigenvalue weighted by Crippen LogP contribution is 2.13. The van der Waals surface area contributed by atoms with Gasteiger partial charge in [-0.3, -0.25) is 0 Å². The van der Waals surface area contributed by atoms with Gasteiger partial charge in [-0.15, -0.1) is 0 Å². The van der Waals surface area contributed by atoms with Gasteiger partial charge in [0.15, 0.2) is 5.96 Å². The Morgan fingerprint density at radius 3 is 2.54 bits per heavy atom. The van der Waals surface area contributed by atoms with Gasteiger partial charge in [-0.2, -0.15) is 0 Å². The topological polar surface area (TPSA) is 55.8 Å². The van der Waals surface area contributed by atoms with Crippen LogP contribution < -0.4 is 15.5 Å². The second-order valence-corrected chi connectivity index (χ2v) is 6.78. The summed E-state index contributed by atoms with van der Waals surface area (Å²) in [6.07, 6.45) is 1.95. The van der Waals surface area contributed by atoms with Crippen LogP contribution in [0.4, 0.5) is 5.82 Å². The summed E-state index contributed by atoms with van der Waals surface area (Å²) in [6, 6.07) is 4.25. The normalized spacial score (nSPS) is 16.5. The average Bonchev–Trinajstić information content (AvgIpc) is 2.58. The number of piperazine rings is 1. The van der Waals surface area contributed by atoms with Gasteiger partial charge < -0.3 is 20.4 Å². The van der Waals surface area contributed by atoms with Gasteiger partial charge in [-0.25, -0.2) is 9.98 Å². The van der Waals surface area contributed by atoms with E-state index in [4.69, 9.17) is 0 Å². The van der Waals surface area contributed by atoms with E-state index in [1.54, 1.807) is 0 Å². The van der Waals surface area contributed by atoms with Crippen molar-refractivity contribution in [3.8, 4) is 0 Å². The van der Waals surface area contributed by atoms with Crippen molar-refractivity contribution in [1.82, 2.24) is 20.5 Å². The maximum absolute atomic E-state index is 4.64. The monoisotopic (exact) mass is 332 g/mol. The summed E-state index contributed by atoms with van der Waals surface area (Å²) in [4.78, 5) is 14.0. The highest BCUT2D eigenvalue weighted by molar-refractivity contribution is 5.79. The summed E-state index contributed by atoms with van der Waals surface area (Å²) in [5.74, 6) is 2.54. The number of anilines is 1. The first kappa shape index (κ1) is 18.5. The molecule has 1 aliphatic rings. The molecule has 0 spiro atoms. The number of hydrogen-bond acceptors (Lipinski definition) is 4. The smallest absolute Gasteiger partial charge is 0.191 e. The highest BCUT2D eigenvalue weighted by atomic mass is 15.3. The first-order valence-corrected chi connectivity index (χ1v) is 8.99. The van der Waals surface area contributed by atoms with Crippen LogP contribution in [0.1, 0.15) is 26.3 Å². The summed E-state index contributed by atoms with van der Waals surface area (Å²) >= 11 is 0. The predicted molar refractivity (Wildman–Crippen MR) is 102 cm³/mol. The Morgan fingerprint density at radius 1 is 1.21 bits per heavy atom. The molecule has 0 aliphatic carbocycles. The maximum Gasteiger partial charge on any atom is 0.191 e. The van der Waals surface area contributed by atoms with Crippen molar-refractivity contribution in [1.29, 1.82) is 0 Å². The molecule has 0 bridgehead atoms. The fourth-order valence-corrected chi connectivity index (χ4v) is 2.55. The largest absolute Gasteiger partial charge is 0.357 e. The quantitative estimate of drug-likeness (QED) is 0.611. The molecule has 0 aromatic carbocycles. The molecule has 6 heteroatoms. The SMILES string of the molecule is CCNC(=NCc1ccc(N2CCN(C)CC2)nc1)NCC(C)C. The van der Waals surface area contributed by atoms with Crippen LogP contribution in [-0.4, -0.2) is 62.2 Å². The summed E-state index contributed by atoms with van der Waals surface area (Å²) < 4.78 is 0. The second-order valence-electron chi connectivity index (χ2n) is 6.78. The molecular formula is C18H32N6. The average molecular weight is 332 g/mol. The summed E-state index contributed by atoms with van der Waals surface area (Å²) in [7, 11) is 2.17. The predicted octanol–water partition coefficient (Wildman–Crippen LogP) is 1.54. The van der Waals surface area contributed by atoms with E-state index in [1.165, 1.54) is 0 Å². The van der Waals surface area contributed by atoms with E-state index in [-0.39, 0.29) is 0 Å². The lowest BCUT2D eigenvalue weighted by atomic mass is 10.2. The highest BCUT2D eigenvalue weighted by Gasteiger charge is 2.14. The third-order valence-corrected chi connectivity index (χ3v) is 4.08. The Kier molecular flexibility index (Phi) is 7.31. The van der Waals surface area contributed by atoms with Crippen LogP contribution in [-0.2, 0) is 6.54 Å². The molecule has 1 aromatic rings. The van der Waals surface area contributed by atoms with Crippen LogP contribution in [0, 0.1) is 5.92 Å². The van der Waals surface area contributed by atoms with E-state index in [1.807, 2.05) is 6.20 Å². The fourth-order valence-electron chi connectivity index (χ4n) is 2.55. The van der Waals surface area contributed by atoms with E-state index in [9.17, 15) is 0 Å². The number of rotatable bonds is 6. The number of nitrogens with one attached hydrogen (secondary N) is 2. The third kappa shape index (κ3) is 6.00. The van der Waals surface area contributed by atoms with Gasteiger partial charge in [-0.05, 0) is 31.5 Å². The van der Waals surface area contributed by atoms with E-state index >= 15 is 0 Å². The van der Waals surface area contributed by atoms with Gasteiger partial charge in [0.1, 0.15) is 5.82 Å². The number of likely N-dealkylation sites (N-methyl/N-ethyl adjacent to an activating group) is 1. The van der Waals surface area contributed by atoms with E-state index < -0.39 is 0 Å². The van der Waals surface area contributed by atoms with Crippen LogP contribution in [0.15, 0.2) is 23.3 Å². The Bertz CT molecular complexity index is 503. The van der Waals surface area contributed by atoms with Crippen molar-refractivity contribution in [2.75, 3.05) is 51.2 Å². The third-order valence-electron chi connectivity index (χ3n) is 4.08. The van der Waals surface area contributed by atoms with E-state index in [0.717, 1.165) is 56.6 Å². The van der Waals surface area contributed by atoms with Crippen molar-refractivity contribution >= 4 is 11.8 Å². The molecule has 1 fully saturated rings. The van der Waals surface area contributed by atoms with Crippen LogP contribution >= 0.6 is 0 Å². The molecule has 24 heavy (non-hydrogen) atoms. The minimum absolute atomic E-state index is 0.596. The fraction of sp³-hybridized carbons (Fsp3) is 0.667. The molecule has 0 atom stereocenters. The lowest BCUT2D eigenvalue weighted by Crippen LogP contribution is -2.44. The summed E-state index contributed by atoms with van der Waals surface area (Å²) in [5, 5.41) is 6.64. The number of aromatic nitrogens is 1. The molecule has 1 aromatic heterocycles. The summed E-state index contributed by atoms with van der Waals surface area (Å²) in [6.45, 7) is 13.2. The van der Waals surface area contributed by atoms with Crippen molar-refractivity contribution in [2.45, 2.75) is 27.3 Å². The molecule has 0 amide bonds. The second kappa shape index (κ2) is 9.47. The van der Waals surface area contributed by atoms with Gasteiger partial charge >= 0.3 is 0 Å². The lowest BCUT2D eigenvalue weighted by molar-refractivity contribution is 0.312. The van der Waals surface area contributed by atoms with Crippen molar-refractivity contribution in [2.24, 2.45) is 10.9 Å². The van der Waals surface area contributed by atoms with Gasteiger partial charge in [0.25, 0.3) is 0 Å². The minimum Gasteiger partial charge on any atom is -0.357 e. The molecule has 1 saturated heterocycles. The molecule has 134 valence electrons. The minimum atomic E-state index is 0.596. The van der Waals surface area contributed by atoms with Gasteiger partial charge in [-0.1, -0.05) is 19.9 Å². The Morgan fingerprint density at radius 2 is 1.96 bits per heavy atom. The van der Waals surface area contributed by atoms with E-state index in [0.29, 0.717) is 12.5 Å². The Labute approximate surface area is 146 Å². The van der Waals surface area contributed by atoms with Crippen LogP contribution in [0.5, 0.6) is 0 Å². The zero-order valence-electron chi connectivity index (χ0n) is 15.5. The maximum atomic E-state index is 4.64. The lowest BCUT2D eigenvalue weighted by Gasteiger charge is -2.33. The van der Waals surface area contributed by atoms with Crippen molar-refractivity contribution in [3.63, 3.8) is 0 Å². The van der Waals surface area contributed by atoms with Crippen molar-refractivity contribution < 1.29 is 0 Å². The number of pyridine rings is 1. The molecule has 2 rings (SSSR count). The zero-order chi connectivity index (χ0) is 17.4. The molecule has 0 radical (unpaired) electrons. The molecule has 2 N–H and O–H groups in total. The van der Waals surface area contributed by atoms with Crippen LogP contribution in [0.3, 0.4) is 0 Å². The number of nitrogens with zero attached hydrogens (tertiary/aromatic N) is 4. The standard InChI is InChI=1S/C18H32N6/c1-5-19-18(21-12-15(2)3)22-14-16-6-7-17(20-13-16)24-10-8-23(4)9-11-24/h6-7,13,15H,5,8-12,14H2,1-4H3,(H2,19,21,22). The number of aliphatic imine (C=N–C) groups is 1. The van der Waals surface area contributed by atoms with Crippen LogP contribution in [0.25, 0.3) is 0 Å². The summed E-state index contributed by atoms with van der Waals surface area (Å²) in [5.41, 5.74) is 1.13. The zero-order valence-corrected chi connectivity index (χ0v) is 15.5. The molecular weight excluding hydrogens is 300 g/mol. The van der Waals surface area contributed by atoms with Crippen LogP contribution in [0.2, 0.25) is 0 Å². The Hall–Kier alpha value is -1.82. The van der Waals surface area contributed by atoms with Gasteiger partial charge in [0.2, 0.25) is 0 Å². The van der Waals surface area contributed by atoms with E-state index in [2.05, 4.69) is 70.4 Å². The number of guanidine groups is 1. The Balaban J connectivity index is 1.90. The number of hydrogen-bond donors (Lipinski definition) is 2. The molecule has 2 heterocycles. The van der Waals surface area contributed by atoms with Gasteiger partial charge in [0.05, 0.1) is 6.54 Å². The molecule has 0 saturated carbocycles.